The van der Waals surface area contributed by atoms with E-state index in [9.17, 15) is 4.39 Å². The summed E-state index contributed by atoms with van der Waals surface area (Å²) in [6, 6.07) is 5.42. The van der Waals surface area contributed by atoms with Gasteiger partial charge in [-0.25, -0.2) is 4.39 Å². The van der Waals surface area contributed by atoms with Crippen molar-refractivity contribution in [2.45, 2.75) is 72.1 Å². The fourth-order valence-corrected chi connectivity index (χ4v) is 3.89. The van der Waals surface area contributed by atoms with E-state index in [1.165, 1.54) is 32.1 Å². The molecular weight excluding hydrogens is 297 g/mol. The van der Waals surface area contributed by atoms with Gasteiger partial charge < -0.3 is 0 Å². The minimum atomic E-state index is -0.0782. The Hall–Kier alpha value is -1.44. The van der Waals surface area contributed by atoms with Crippen molar-refractivity contribution in [1.29, 1.82) is 0 Å². The molecule has 0 aliphatic heterocycles. The highest BCUT2D eigenvalue weighted by Gasteiger charge is 2.21. The van der Waals surface area contributed by atoms with Crippen molar-refractivity contribution in [1.82, 2.24) is 0 Å². The van der Waals surface area contributed by atoms with Gasteiger partial charge in [0, 0.05) is 12.4 Å². The van der Waals surface area contributed by atoms with Gasteiger partial charge in [-0.2, -0.15) is 0 Å². The third-order valence-electron chi connectivity index (χ3n) is 5.53. The smallest absolute Gasteiger partial charge is 0.127 e. The first-order chi connectivity index (χ1) is 11.5. The number of rotatable bonds is 6. The lowest BCUT2D eigenvalue weighted by Crippen LogP contribution is -2.13. The monoisotopic (exact) mass is 329 g/mol. The zero-order valence-corrected chi connectivity index (χ0v) is 15.7. The van der Waals surface area contributed by atoms with E-state index in [2.05, 4.69) is 18.8 Å². The van der Waals surface area contributed by atoms with Crippen molar-refractivity contribution in [3.63, 3.8) is 0 Å². The third-order valence-corrected chi connectivity index (χ3v) is 5.53. The molecule has 1 saturated carbocycles. The highest BCUT2D eigenvalue weighted by Crippen LogP contribution is 2.36. The Labute approximate surface area is 147 Å². The largest absolute Gasteiger partial charge is 0.269 e. The molecule has 1 aromatic rings. The molecule has 0 saturated heterocycles. The van der Waals surface area contributed by atoms with Crippen LogP contribution in [-0.4, -0.2) is 6.21 Å². The van der Waals surface area contributed by atoms with Gasteiger partial charge in [0.2, 0.25) is 0 Å². The second-order valence-electron chi connectivity index (χ2n) is 7.52. The van der Waals surface area contributed by atoms with Gasteiger partial charge in [-0.1, -0.05) is 51.7 Å². The Morgan fingerprint density at radius 1 is 1.29 bits per heavy atom. The van der Waals surface area contributed by atoms with E-state index in [-0.39, 0.29) is 11.7 Å². The van der Waals surface area contributed by atoms with E-state index >= 15 is 0 Å². The summed E-state index contributed by atoms with van der Waals surface area (Å²) >= 11 is 0. The van der Waals surface area contributed by atoms with Gasteiger partial charge in [-0.3, -0.25) is 4.99 Å². The second-order valence-corrected chi connectivity index (χ2v) is 7.52. The van der Waals surface area contributed by atoms with Crippen LogP contribution in [0.3, 0.4) is 0 Å². The van der Waals surface area contributed by atoms with E-state index in [1.54, 1.807) is 18.3 Å². The fraction of sp³-hybridized carbons (Fsp3) is 0.591. The van der Waals surface area contributed by atoms with Gasteiger partial charge in [0.15, 0.2) is 0 Å². The first-order valence-corrected chi connectivity index (χ1v) is 9.46. The average molecular weight is 330 g/mol. The molecule has 1 unspecified atom stereocenters. The standard InChI is InChI=1S/C22H32FN/c1-5-24-15-18(4)20-7-6-8-21(23)22(20)17(3)11-14-19-12-9-16(2)10-13-19/h5-8,15-17,19H,9-14H2,1-4H3/b18-15+,24-5-. The van der Waals surface area contributed by atoms with E-state index in [1.807, 2.05) is 26.1 Å². The minimum Gasteiger partial charge on any atom is -0.269 e. The summed E-state index contributed by atoms with van der Waals surface area (Å²) in [7, 11) is 0. The van der Waals surface area contributed by atoms with Crippen LogP contribution in [0, 0.1) is 17.7 Å². The number of aliphatic imine (C=N–C) groups is 1. The Morgan fingerprint density at radius 3 is 2.67 bits per heavy atom. The Morgan fingerprint density at radius 2 is 2.00 bits per heavy atom. The quantitative estimate of drug-likeness (QED) is 0.499. The van der Waals surface area contributed by atoms with Gasteiger partial charge in [-0.05, 0) is 67.2 Å². The van der Waals surface area contributed by atoms with Crippen LogP contribution in [-0.2, 0) is 0 Å². The number of nitrogens with zero attached hydrogens (tertiary/aromatic N) is 1. The van der Waals surface area contributed by atoms with Crippen molar-refractivity contribution in [3.8, 4) is 0 Å². The lowest BCUT2D eigenvalue weighted by Gasteiger charge is -2.27. The maximum atomic E-state index is 14.5. The van der Waals surface area contributed by atoms with Gasteiger partial charge in [0.25, 0.3) is 0 Å². The van der Waals surface area contributed by atoms with Crippen molar-refractivity contribution in [2.24, 2.45) is 16.8 Å². The van der Waals surface area contributed by atoms with Crippen LogP contribution in [0.15, 0.2) is 29.4 Å². The van der Waals surface area contributed by atoms with E-state index in [0.29, 0.717) is 0 Å². The average Bonchev–Trinajstić information content (AvgIpc) is 2.58. The summed E-state index contributed by atoms with van der Waals surface area (Å²) in [4.78, 5) is 4.20. The molecule has 1 aliphatic carbocycles. The predicted molar refractivity (Wildman–Crippen MR) is 103 cm³/mol. The van der Waals surface area contributed by atoms with E-state index in [4.69, 9.17) is 0 Å². The van der Waals surface area contributed by atoms with Crippen LogP contribution >= 0.6 is 0 Å². The molecule has 0 heterocycles. The molecule has 2 rings (SSSR count). The summed E-state index contributed by atoms with van der Waals surface area (Å²) in [5, 5.41) is 0. The summed E-state index contributed by atoms with van der Waals surface area (Å²) in [5.74, 6) is 1.89. The third kappa shape index (κ3) is 5.03. The molecule has 1 aromatic carbocycles. The first kappa shape index (κ1) is 18.9. The van der Waals surface area contributed by atoms with Gasteiger partial charge in [0.05, 0.1) is 0 Å². The summed E-state index contributed by atoms with van der Waals surface area (Å²) in [6.45, 7) is 8.44. The molecular formula is C22H32FN. The molecule has 132 valence electrons. The van der Waals surface area contributed by atoms with Gasteiger partial charge in [-0.15, -0.1) is 0 Å². The van der Waals surface area contributed by atoms with Crippen LogP contribution in [0.2, 0.25) is 0 Å². The normalized spacial score (nSPS) is 23.6. The summed E-state index contributed by atoms with van der Waals surface area (Å²) in [5.41, 5.74) is 2.90. The van der Waals surface area contributed by atoms with Gasteiger partial charge in [0.1, 0.15) is 5.82 Å². The maximum absolute atomic E-state index is 14.5. The lowest BCUT2D eigenvalue weighted by atomic mass is 9.79. The molecule has 0 amide bonds. The fourth-order valence-electron chi connectivity index (χ4n) is 3.89. The molecule has 1 nitrogen and oxygen atoms in total. The molecule has 1 atom stereocenters. The summed E-state index contributed by atoms with van der Waals surface area (Å²) < 4.78 is 14.5. The molecule has 1 fully saturated rings. The first-order valence-electron chi connectivity index (χ1n) is 9.46. The molecule has 2 heteroatoms. The lowest BCUT2D eigenvalue weighted by molar-refractivity contribution is 0.269. The van der Waals surface area contributed by atoms with Crippen molar-refractivity contribution in [3.05, 3.63) is 41.3 Å². The van der Waals surface area contributed by atoms with Crippen molar-refractivity contribution < 1.29 is 4.39 Å². The molecule has 0 aromatic heterocycles. The molecule has 0 bridgehead atoms. The highest BCUT2D eigenvalue weighted by molar-refractivity contribution is 5.68. The van der Waals surface area contributed by atoms with E-state index in [0.717, 1.165) is 35.0 Å². The predicted octanol–water partition coefficient (Wildman–Crippen LogP) is 6.99. The number of benzene rings is 1. The van der Waals surface area contributed by atoms with Crippen molar-refractivity contribution >= 4 is 11.8 Å². The number of hydrogen-bond donors (Lipinski definition) is 0. The highest BCUT2D eigenvalue weighted by atomic mass is 19.1. The van der Waals surface area contributed by atoms with Crippen LogP contribution < -0.4 is 0 Å². The van der Waals surface area contributed by atoms with Crippen molar-refractivity contribution in [2.75, 3.05) is 0 Å². The zero-order valence-electron chi connectivity index (χ0n) is 15.7. The van der Waals surface area contributed by atoms with Crippen LogP contribution in [0.4, 0.5) is 4.39 Å². The number of halogens is 1. The van der Waals surface area contributed by atoms with Crippen LogP contribution in [0.25, 0.3) is 5.57 Å². The Bertz CT molecular complexity index is 580. The topological polar surface area (TPSA) is 12.4 Å². The number of allylic oxidation sites excluding steroid dienone is 1. The Balaban J connectivity index is 2.09. The summed E-state index contributed by atoms with van der Waals surface area (Å²) in [6.07, 6.45) is 11.3. The molecule has 0 radical (unpaired) electrons. The Kier molecular flexibility index (Phi) is 7.20. The number of hydrogen-bond acceptors (Lipinski definition) is 1. The minimum absolute atomic E-state index is 0.0782. The molecule has 1 aliphatic rings. The second kappa shape index (κ2) is 9.15. The SMILES string of the molecule is C/C=N\C=C(/C)c1cccc(F)c1C(C)CCC1CCC(C)CC1. The van der Waals surface area contributed by atoms with Crippen LogP contribution in [0.1, 0.15) is 83.3 Å². The zero-order chi connectivity index (χ0) is 17.5. The van der Waals surface area contributed by atoms with Gasteiger partial charge >= 0.3 is 0 Å². The molecule has 24 heavy (non-hydrogen) atoms. The van der Waals surface area contributed by atoms with E-state index < -0.39 is 0 Å². The maximum Gasteiger partial charge on any atom is 0.127 e. The van der Waals surface area contributed by atoms with Crippen LogP contribution in [0.5, 0.6) is 0 Å². The molecule has 0 N–H and O–H groups in total. The molecule has 0 spiro atoms.